The summed E-state index contributed by atoms with van der Waals surface area (Å²) in [4.78, 5) is 30.7. The van der Waals surface area contributed by atoms with Gasteiger partial charge in [0.05, 0.1) is 31.2 Å². The minimum absolute atomic E-state index is 0.246. The molecule has 11 heteroatoms. The number of aryl methyl sites for hydroxylation is 2. The fourth-order valence-corrected chi connectivity index (χ4v) is 4.67. The van der Waals surface area contributed by atoms with E-state index in [1.54, 1.807) is 62.4 Å². The number of nitrogens with zero attached hydrogens (tertiary/aromatic N) is 4. The molecule has 5 rings (SSSR count). The smallest absolute Gasteiger partial charge is 0.267 e. The summed E-state index contributed by atoms with van der Waals surface area (Å²) in [6.07, 6.45) is 2.18. The summed E-state index contributed by atoms with van der Waals surface area (Å²) in [5, 5.41) is 7.44. The zero-order valence-corrected chi connectivity index (χ0v) is 23.7. The maximum atomic E-state index is 13.6. The Balaban J connectivity index is 1.30. The standard InChI is InChI=1S/C31H30FN5O5/c1-19-16-24(35-37(19)23-10-8-22(32)9-11-23)29-20(2)34-30-26(6-5-15-36(30)31(29)39)42-18-28(38)33-14-13-21-7-12-25(40-3)27(17-21)41-4/h5-12,15-17H,13-14,18H2,1-4H3,(H,33,38). The van der Waals surface area contributed by atoms with Crippen LogP contribution < -0.4 is 25.1 Å². The van der Waals surface area contributed by atoms with Crippen LogP contribution in [-0.4, -0.2) is 52.4 Å². The summed E-state index contributed by atoms with van der Waals surface area (Å²) in [5.41, 5.74) is 3.62. The first-order valence-corrected chi connectivity index (χ1v) is 13.2. The third-order valence-corrected chi connectivity index (χ3v) is 6.76. The van der Waals surface area contributed by atoms with Crippen molar-refractivity contribution in [2.24, 2.45) is 0 Å². The molecule has 0 aliphatic carbocycles. The molecule has 1 amide bonds. The molecule has 0 atom stereocenters. The van der Waals surface area contributed by atoms with Gasteiger partial charge in [0.25, 0.3) is 11.5 Å². The summed E-state index contributed by atoms with van der Waals surface area (Å²) >= 11 is 0. The Morgan fingerprint density at radius 2 is 1.74 bits per heavy atom. The van der Waals surface area contributed by atoms with Gasteiger partial charge in [-0.1, -0.05) is 6.07 Å². The molecule has 0 saturated heterocycles. The quantitative estimate of drug-likeness (QED) is 0.269. The van der Waals surface area contributed by atoms with Crippen LogP contribution in [0.15, 0.2) is 71.7 Å². The summed E-state index contributed by atoms with van der Waals surface area (Å²) < 4.78 is 32.8. The molecule has 10 nitrogen and oxygen atoms in total. The van der Waals surface area contributed by atoms with E-state index in [4.69, 9.17) is 14.2 Å². The Morgan fingerprint density at radius 3 is 2.48 bits per heavy atom. The average Bonchev–Trinajstić information content (AvgIpc) is 3.37. The number of hydrogen-bond acceptors (Lipinski definition) is 7. The Labute approximate surface area is 241 Å². The first-order chi connectivity index (χ1) is 20.3. The third-order valence-electron chi connectivity index (χ3n) is 6.76. The molecule has 5 aromatic rings. The largest absolute Gasteiger partial charge is 0.493 e. The van der Waals surface area contributed by atoms with E-state index in [1.807, 2.05) is 25.1 Å². The van der Waals surface area contributed by atoms with Gasteiger partial charge in [0.15, 0.2) is 29.5 Å². The molecular formula is C31H30FN5O5. The van der Waals surface area contributed by atoms with Crippen molar-refractivity contribution >= 4 is 11.6 Å². The molecule has 1 N–H and O–H groups in total. The van der Waals surface area contributed by atoms with Gasteiger partial charge in [-0.2, -0.15) is 5.10 Å². The van der Waals surface area contributed by atoms with E-state index >= 15 is 0 Å². The Bertz CT molecular complexity index is 1810. The van der Waals surface area contributed by atoms with Crippen LogP contribution in [0.1, 0.15) is 17.0 Å². The van der Waals surface area contributed by atoms with Crippen LogP contribution in [0.4, 0.5) is 4.39 Å². The molecule has 0 saturated carbocycles. The van der Waals surface area contributed by atoms with Crippen LogP contribution in [0.25, 0.3) is 22.6 Å². The van der Waals surface area contributed by atoms with Crippen LogP contribution >= 0.6 is 0 Å². The van der Waals surface area contributed by atoms with Crippen LogP contribution in [0, 0.1) is 19.7 Å². The highest BCUT2D eigenvalue weighted by molar-refractivity contribution is 5.78. The van der Waals surface area contributed by atoms with Gasteiger partial charge in [-0.05, 0) is 80.4 Å². The Kier molecular flexibility index (Phi) is 8.19. The van der Waals surface area contributed by atoms with Crippen molar-refractivity contribution in [1.82, 2.24) is 24.5 Å². The van der Waals surface area contributed by atoms with E-state index < -0.39 is 0 Å². The fraction of sp³-hybridized carbons (Fsp3) is 0.226. The monoisotopic (exact) mass is 571 g/mol. The number of ether oxygens (including phenoxy) is 3. The van der Waals surface area contributed by atoms with Crippen molar-refractivity contribution in [3.8, 4) is 34.2 Å². The fourth-order valence-electron chi connectivity index (χ4n) is 4.67. The van der Waals surface area contributed by atoms with Crippen LogP contribution in [0.2, 0.25) is 0 Å². The Morgan fingerprint density at radius 1 is 0.976 bits per heavy atom. The van der Waals surface area contributed by atoms with Crippen molar-refractivity contribution in [3.63, 3.8) is 0 Å². The minimum atomic E-state index is -0.346. The van der Waals surface area contributed by atoms with E-state index in [-0.39, 0.29) is 29.5 Å². The zero-order valence-electron chi connectivity index (χ0n) is 23.7. The predicted molar refractivity (Wildman–Crippen MR) is 155 cm³/mol. The van der Waals surface area contributed by atoms with Gasteiger partial charge in [-0.15, -0.1) is 0 Å². The number of amides is 1. The van der Waals surface area contributed by atoms with E-state index in [0.717, 1.165) is 11.3 Å². The van der Waals surface area contributed by atoms with Crippen molar-refractivity contribution in [2.75, 3.05) is 27.4 Å². The third kappa shape index (κ3) is 5.80. The highest BCUT2D eigenvalue weighted by atomic mass is 19.1. The lowest BCUT2D eigenvalue weighted by Gasteiger charge is -2.12. The zero-order chi connectivity index (χ0) is 29.8. The molecule has 0 spiro atoms. The highest BCUT2D eigenvalue weighted by Gasteiger charge is 2.19. The number of nitrogens with one attached hydrogen (secondary N) is 1. The van der Waals surface area contributed by atoms with E-state index in [2.05, 4.69) is 15.4 Å². The lowest BCUT2D eigenvalue weighted by Crippen LogP contribution is -2.30. The van der Waals surface area contributed by atoms with Crippen LogP contribution in [0.5, 0.6) is 17.2 Å². The van der Waals surface area contributed by atoms with E-state index in [9.17, 15) is 14.0 Å². The van der Waals surface area contributed by atoms with Crippen molar-refractivity contribution in [2.45, 2.75) is 20.3 Å². The maximum absolute atomic E-state index is 13.6. The lowest BCUT2D eigenvalue weighted by molar-refractivity contribution is -0.123. The number of halogens is 1. The minimum Gasteiger partial charge on any atom is -0.493 e. The van der Waals surface area contributed by atoms with Crippen molar-refractivity contribution in [3.05, 3.63) is 100.0 Å². The van der Waals surface area contributed by atoms with Gasteiger partial charge in [0.2, 0.25) is 0 Å². The van der Waals surface area contributed by atoms with E-state index in [0.29, 0.717) is 52.9 Å². The Hall–Kier alpha value is -5.19. The molecule has 0 aliphatic heterocycles. The number of hydrogen-bond donors (Lipinski definition) is 1. The summed E-state index contributed by atoms with van der Waals surface area (Å²) in [5.74, 6) is 0.904. The molecule has 2 aromatic carbocycles. The van der Waals surface area contributed by atoms with Gasteiger partial charge < -0.3 is 19.5 Å². The highest BCUT2D eigenvalue weighted by Crippen LogP contribution is 2.28. The number of carbonyl (C=O) groups is 1. The molecule has 3 heterocycles. The number of benzene rings is 2. The molecule has 216 valence electrons. The molecule has 0 fully saturated rings. The molecule has 0 unspecified atom stereocenters. The number of carbonyl (C=O) groups excluding carboxylic acids is 1. The molecule has 42 heavy (non-hydrogen) atoms. The molecular weight excluding hydrogens is 541 g/mol. The average molecular weight is 572 g/mol. The lowest BCUT2D eigenvalue weighted by atomic mass is 10.1. The van der Waals surface area contributed by atoms with Crippen LogP contribution in [-0.2, 0) is 11.2 Å². The first-order valence-electron chi connectivity index (χ1n) is 13.2. The number of aromatic nitrogens is 4. The van der Waals surface area contributed by atoms with Gasteiger partial charge in [-0.25, -0.2) is 14.1 Å². The molecule has 0 aliphatic rings. The van der Waals surface area contributed by atoms with E-state index in [1.165, 1.54) is 16.5 Å². The normalized spacial score (nSPS) is 11.0. The second kappa shape index (κ2) is 12.1. The van der Waals surface area contributed by atoms with Gasteiger partial charge in [0, 0.05) is 18.4 Å². The predicted octanol–water partition coefficient (Wildman–Crippen LogP) is 4.06. The number of pyridine rings is 1. The van der Waals surface area contributed by atoms with Crippen molar-refractivity contribution < 1.29 is 23.4 Å². The van der Waals surface area contributed by atoms with Crippen molar-refractivity contribution in [1.29, 1.82) is 0 Å². The van der Waals surface area contributed by atoms with Gasteiger partial charge in [0.1, 0.15) is 11.5 Å². The molecule has 0 bridgehead atoms. The number of fused-ring (bicyclic) bond motifs is 1. The second-order valence-electron chi connectivity index (χ2n) is 9.58. The first kappa shape index (κ1) is 28.3. The van der Waals surface area contributed by atoms with Crippen LogP contribution in [0.3, 0.4) is 0 Å². The van der Waals surface area contributed by atoms with Gasteiger partial charge >= 0.3 is 0 Å². The number of rotatable bonds is 10. The summed E-state index contributed by atoms with van der Waals surface area (Å²) in [6, 6.07) is 16.6. The molecule has 3 aromatic heterocycles. The van der Waals surface area contributed by atoms with Gasteiger partial charge in [-0.3, -0.25) is 14.0 Å². The summed E-state index contributed by atoms with van der Waals surface area (Å²) in [7, 11) is 3.15. The topological polar surface area (TPSA) is 109 Å². The number of methoxy groups -OCH3 is 2. The maximum Gasteiger partial charge on any atom is 0.267 e. The second-order valence-corrected chi connectivity index (χ2v) is 9.58. The SMILES string of the molecule is COc1ccc(CCNC(=O)COc2cccn3c(=O)c(-c4cc(C)n(-c5ccc(F)cc5)n4)c(C)nc23)cc1OC. The molecule has 0 radical (unpaired) electrons. The summed E-state index contributed by atoms with van der Waals surface area (Å²) in [6.45, 7) is 3.73.